The Kier molecular flexibility index (Phi) is 6.63. The number of aryl methyl sites for hydroxylation is 1. The van der Waals surface area contributed by atoms with Crippen LogP contribution in [0.4, 0.5) is 5.13 Å². The minimum Gasteiger partial charge on any atom is -0.299 e. The highest BCUT2D eigenvalue weighted by Gasteiger charge is 2.32. The lowest BCUT2D eigenvalue weighted by molar-refractivity contribution is -0.118. The van der Waals surface area contributed by atoms with Gasteiger partial charge in [0.25, 0.3) is 15.9 Å². The predicted molar refractivity (Wildman–Crippen MR) is 114 cm³/mol. The molecule has 0 saturated carbocycles. The van der Waals surface area contributed by atoms with Crippen LogP contribution in [-0.4, -0.2) is 36.4 Å². The van der Waals surface area contributed by atoms with Gasteiger partial charge in [0.05, 0.1) is 4.90 Å². The number of rotatable bonds is 8. The second-order valence-electron chi connectivity index (χ2n) is 7.22. The topological polar surface area (TPSA) is 113 Å². The van der Waals surface area contributed by atoms with Gasteiger partial charge in [-0.2, -0.15) is 0 Å². The summed E-state index contributed by atoms with van der Waals surface area (Å²) in [7, 11) is -3.65. The molecule has 8 nitrogen and oxygen atoms in total. The highest BCUT2D eigenvalue weighted by Crippen LogP contribution is 2.24. The average Bonchev–Trinajstić information content (AvgIpc) is 3.22. The molecule has 1 atom stereocenters. The summed E-state index contributed by atoms with van der Waals surface area (Å²) in [5, 5.41) is 12.3. The van der Waals surface area contributed by atoms with E-state index in [4.69, 9.17) is 0 Å². The number of nitrogens with one attached hydrogen (secondary N) is 2. The van der Waals surface area contributed by atoms with Crippen LogP contribution >= 0.6 is 11.3 Å². The van der Waals surface area contributed by atoms with Crippen molar-refractivity contribution >= 4 is 38.2 Å². The molecule has 0 radical (unpaired) electrons. The zero-order valence-corrected chi connectivity index (χ0v) is 18.3. The Hall–Kier alpha value is -2.33. The fourth-order valence-electron chi connectivity index (χ4n) is 2.99. The fraction of sp³-hybridized carbons (Fsp3) is 0.474. The normalized spacial score (nSPS) is 17.2. The number of unbranched alkanes of at least 4 members (excludes halogenated alkanes) is 2. The number of hydrogen-bond acceptors (Lipinski definition) is 7. The van der Waals surface area contributed by atoms with Gasteiger partial charge in [-0.15, -0.1) is 10.2 Å². The molecule has 0 saturated heterocycles. The van der Waals surface area contributed by atoms with E-state index >= 15 is 0 Å². The van der Waals surface area contributed by atoms with E-state index in [2.05, 4.69) is 32.2 Å². The first-order chi connectivity index (χ1) is 13.8. The molecule has 2 N–H and O–H groups in total. The van der Waals surface area contributed by atoms with Crippen molar-refractivity contribution in [2.45, 2.75) is 57.4 Å². The maximum absolute atomic E-state index is 12.8. The zero-order valence-electron chi connectivity index (χ0n) is 16.7. The van der Waals surface area contributed by atoms with Crippen molar-refractivity contribution < 1.29 is 13.2 Å². The van der Waals surface area contributed by atoms with Crippen LogP contribution in [-0.2, 0) is 21.2 Å². The van der Waals surface area contributed by atoms with E-state index in [0.29, 0.717) is 10.7 Å². The van der Waals surface area contributed by atoms with E-state index in [1.54, 1.807) is 18.2 Å². The molecule has 2 aromatic rings. The number of amides is 1. The quantitative estimate of drug-likeness (QED) is 0.619. The third kappa shape index (κ3) is 4.99. The van der Waals surface area contributed by atoms with Gasteiger partial charge in [-0.1, -0.05) is 57.1 Å². The minimum absolute atomic E-state index is 0.142. The lowest BCUT2D eigenvalue weighted by Crippen LogP contribution is -2.34. The minimum atomic E-state index is -3.65. The number of aromatic nitrogens is 2. The molecule has 1 amide bonds. The average molecular weight is 436 g/mol. The molecular formula is C19H25N5O3S2. The number of fused-ring (bicyclic) bond motifs is 1. The Morgan fingerprint density at radius 3 is 2.72 bits per heavy atom. The third-order valence-electron chi connectivity index (χ3n) is 4.52. The molecule has 2 heterocycles. The molecule has 0 unspecified atom stereocenters. The van der Waals surface area contributed by atoms with Crippen molar-refractivity contribution in [3.8, 4) is 0 Å². The van der Waals surface area contributed by atoms with Crippen LogP contribution in [0.5, 0.6) is 0 Å². The van der Waals surface area contributed by atoms with E-state index in [0.717, 1.165) is 30.7 Å². The van der Waals surface area contributed by atoms with Crippen LogP contribution in [0.25, 0.3) is 0 Å². The summed E-state index contributed by atoms with van der Waals surface area (Å²) >= 11 is 1.36. The first-order valence-corrected chi connectivity index (χ1v) is 11.9. The van der Waals surface area contributed by atoms with Gasteiger partial charge in [0, 0.05) is 12.0 Å². The Balaban J connectivity index is 1.77. The highest BCUT2D eigenvalue weighted by molar-refractivity contribution is 7.90. The van der Waals surface area contributed by atoms with E-state index in [1.807, 2.05) is 13.8 Å². The van der Waals surface area contributed by atoms with Crippen molar-refractivity contribution in [1.29, 1.82) is 0 Å². The summed E-state index contributed by atoms with van der Waals surface area (Å²) in [5.74, 6) is -0.295. The Labute approximate surface area is 174 Å². The van der Waals surface area contributed by atoms with Crippen LogP contribution in [0.3, 0.4) is 0 Å². The molecule has 10 heteroatoms. The summed E-state index contributed by atoms with van der Waals surface area (Å²) in [6.45, 7) is 5.86. The molecule has 1 aromatic heterocycles. The standard InChI is InChI=1S/C19H25N5O3S2/c1-4-5-6-11-15-22-23-19(28-15)21-18(25)16(12(2)3)20-17-13-9-7-8-10-14(13)29(26,27)24-17/h7-10,12,16H,4-6,11H2,1-3H3,(H,20,24)(H,21,23,25)/t16-/m0/s1. The Morgan fingerprint density at radius 1 is 1.24 bits per heavy atom. The number of hydrogen-bond donors (Lipinski definition) is 2. The van der Waals surface area contributed by atoms with E-state index in [9.17, 15) is 13.2 Å². The lowest BCUT2D eigenvalue weighted by atomic mass is 10.0. The summed E-state index contributed by atoms with van der Waals surface area (Å²) in [5.41, 5.74) is 0.472. The molecule has 29 heavy (non-hydrogen) atoms. The van der Waals surface area contributed by atoms with Crippen molar-refractivity contribution in [2.75, 3.05) is 5.32 Å². The first kappa shape index (κ1) is 21.4. The summed E-state index contributed by atoms with van der Waals surface area (Å²) in [6.07, 6.45) is 4.15. The predicted octanol–water partition coefficient (Wildman–Crippen LogP) is 2.97. The van der Waals surface area contributed by atoms with Crippen LogP contribution in [0.15, 0.2) is 34.2 Å². The van der Waals surface area contributed by atoms with Gasteiger partial charge in [-0.25, -0.2) is 8.42 Å². The summed E-state index contributed by atoms with van der Waals surface area (Å²) < 4.78 is 27.0. The molecule has 0 aliphatic carbocycles. The molecule has 1 aliphatic rings. The van der Waals surface area contributed by atoms with Gasteiger partial charge < -0.3 is 0 Å². The first-order valence-electron chi connectivity index (χ1n) is 9.65. The number of aliphatic imine (C=N–C) groups is 1. The molecule has 0 fully saturated rings. The van der Waals surface area contributed by atoms with Gasteiger partial charge in [0.15, 0.2) is 0 Å². The molecule has 0 spiro atoms. The van der Waals surface area contributed by atoms with Crippen LogP contribution < -0.4 is 10.0 Å². The Bertz CT molecular complexity index is 1010. The maximum atomic E-state index is 12.8. The third-order valence-corrected chi connectivity index (χ3v) is 6.82. The summed E-state index contributed by atoms with van der Waals surface area (Å²) in [6, 6.07) is 5.82. The van der Waals surface area contributed by atoms with Gasteiger partial charge in [-0.3, -0.25) is 19.8 Å². The van der Waals surface area contributed by atoms with Crippen LogP contribution in [0.2, 0.25) is 0 Å². The van der Waals surface area contributed by atoms with Gasteiger partial charge >= 0.3 is 0 Å². The van der Waals surface area contributed by atoms with Crippen molar-refractivity contribution in [3.05, 3.63) is 34.8 Å². The van der Waals surface area contributed by atoms with Gasteiger partial charge in [0.1, 0.15) is 16.9 Å². The van der Waals surface area contributed by atoms with Crippen LogP contribution in [0, 0.1) is 5.92 Å². The molecule has 156 valence electrons. The van der Waals surface area contributed by atoms with E-state index in [1.165, 1.54) is 17.4 Å². The molecular weight excluding hydrogens is 410 g/mol. The van der Waals surface area contributed by atoms with E-state index < -0.39 is 16.1 Å². The second kappa shape index (κ2) is 9.00. The van der Waals surface area contributed by atoms with Crippen molar-refractivity contribution in [2.24, 2.45) is 10.9 Å². The number of nitrogens with zero attached hydrogens (tertiary/aromatic N) is 3. The van der Waals surface area contributed by atoms with Crippen LogP contribution in [0.1, 0.15) is 50.6 Å². The van der Waals surface area contributed by atoms with E-state index in [-0.39, 0.29) is 22.6 Å². The number of carbonyl (C=O) groups is 1. The second-order valence-corrected chi connectivity index (χ2v) is 9.93. The maximum Gasteiger partial charge on any atom is 0.263 e. The van der Waals surface area contributed by atoms with Gasteiger partial charge in [-0.05, 0) is 24.5 Å². The summed E-state index contributed by atoms with van der Waals surface area (Å²) in [4.78, 5) is 17.4. The number of carbonyl (C=O) groups excluding carboxylic acids is 1. The number of benzene rings is 1. The SMILES string of the molecule is CCCCCc1nnc(NC(=O)[C@@H](N=C2NS(=O)(=O)c3ccccc32)C(C)C)s1. The smallest absolute Gasteiger partial charge is 0.263 e. The highest BCUT2D eigenvalue weighted by atomic mass is 32.2. The fourth-order valence-corrected chi connectivity index (χ4v) is 5.01. The number of sulfonamides is 1. The van der Waals surface area contributed by atoms with Gasteiger partial charge in [0.2, 0.25) is 5.13 Å². The van der Waals surface area contributed by atoms with Crippen molar-refractivity contribution in [3.63, 3.8) is 0 Å². The monoisotopic (exact) mass is 435 g/mol. The largest absolute Gasteiger partial charge is 0.299 e. The molecule has 3 rings (SSSR count). The molecule has 0 bridgehead atoms. The molecule has 1 aliphatic heterocycles. The number of anilines is 1. The van der Waals surface area contributed by atoms with Crippen molar-refractivity contribution in [1.82, 2.24) is 14.9 Å². The molecule has 1 aromatic carbocycles. The zero-order chi connectivity index (χ0) is 21.0. The Morgan fingerprint density at radius 2 is 2.00 bits per heavy atom. The lowest BCUT2D eigenvalue weighted by Gasteiger charge is -2.16. The number of amidine groups is 1.